The predicted octanol–water partition coefficient (Wildman–Crippen LogP) is 2.52. The highest BCUT2D eigenvalue weighted by Crippen LogP contribution is 2.24. The Kier molecular flexibility index (Phi) is 9.53. The third-order valence-corrected chi connectivity index (χ3v) is 4.88. The molecule has 1 aromatic carbocycles. The Morgan fingerprint density at radius 3 is 2.66 bits per heavy atom. The van der Waals surface area contributed by atoms with E-state index in [1.54, 1.807) is 12.3 Å². The molecule has 0 saturated carbocycles. The molecule has 2 aliphatic heterocycles. The summed E-state index contributed by atoms with van der Waals surface area (Å²) in [7, 11) is 0. The molecule has 3 rings (SSSR count). The topological polar surface area (TPSA) is 83.1 Å². The van der Waals surface area contributed by atoms with E-state index in [2.05, 4.69) is 39.8 Å². The van der Waals surface area contributed by atoms with Crippen LogP contribution in [-0.2, 0) is 20.9 Å². The second-order valence-corrected chi connectivity index (χ2v) is 7.21. The smallest absolute Gasteiger partial charge is 0.234 e. The van der Waals surface area contributed by atoms with Crippen molar-refractivity contribution in [2.24, 2.45) is 0 Å². The van der Waals surface area contributed by atoms with Gasteiger partial charge in [0.25, 0.3) is 0 Å². The van der Waals surface area contributed by atoms with Crippen molar-refractivity contribution in [2.75, 3.05) is 38.3 Å². The zero-order valence-corrected chi connectivity index (χ0v) is 17.4. The molecule has 1 amide bonds. The molecule has 0 aromatic heterocycles. The first-order valence-electron chi connectivity index (χ1n) is 10.0. The number of carbonyl (C=O) groups is 1. The maximum absolute atomic E-state index is 11.7. The molecule has 7 heteroatoms. The Bertz CT molecular complexity index is 697. The summed E-state index contributed by atoms with van der Waals surface area (Å²) in [5, 5.41) is 15.9. The van der Waals surface area contributed by atoms with Gasteiger partial charge in [-0.2, -0.15) is 0 Å². The van der Waals surface area contributed by atoms with Gasteiger partial charge in [-0.3, -0.25) is 9.69 Å². The van der Waals surface area contributed by atoms with Gasteiger partial charge in [0, 0.05) is 36.9 Å². The molecular formula is C22H33N3O4. The van der Waals surface area contributed by atoms with Crippen LogP contribution in [0.4, 0.5) is 5.69 Å². The van der Waals surface area contributed by atoms with E-state index < -0.39 is 0 Å². The van der Waals surface area contributed by atoms with Gasteiger partial charge in [0.05, 0.1) is 13.2 Å². The van der Waals surface area contributed by atoms with E-state index in [9.17, 15) is 9.90 Å². The number of hydrogen-bond acceptors (Lipinski definition) is 6. The number of hydrogen-bond donors (Lipinski definition) is 3. The first-order chi connectivity index (χ1) is 14.0. The fraction of sp³-hybridized carbons (Fsp3) is 0.500. The predicted molar refractivity (Wildman–Crippen MR) is 114 cm³/mol. The number of likely N-dealkylation sites (tertiary alicyclic amines) is 1. The highest BCUT2D eigenvalue weighted by Gasteiger charge is 2.21. The molecule has 0 unspecified atom stereocenters. The maximum atomic E-state index is 11.7. The number of rotatable bonds is 7. The zero-order valence-electron chi connectivity index (χ0n) is 17.4. The van der Waals surface area contributed by atoms with Gasteiger partial charge in [-0.25, -0.2) is 0 Å². The average Bonchev–Trinajstić information content (AvgIpc) is 3.20. The van der Waals surface area contributed by atoms with Crippen molar-refractivity contribution >= 4 is 11.6 Å². The Labute approximate surface area is 173 Å². The van der Waals surface area contributed by atoms with Crippen molar-refractivity contribution in [3.63, 3.8) is 0 Å². The number of benzene rings is 1. The minimum atomic E-state index is 0.0479. The van der Waals surface area contributed by atoms with Crippen LogP contribution in [0.2, 0.25) is 0 Å². The fourth-order valence-electron chi connectivity index (χ4n) is 3.26. The maximum Gasteiger partial charge on any atom is 0.234 e. The lowest BCUT2D eigenvalue weighted by molar-refractivity contribution is -0.122. The molecule has 160 valence electrons. The van der Waals surface area contributed by atoms with Crippen LogP contribution in [-0.4, -0.2) is 54.9 Å². The lowest BCUT2D eigenvalue weighted by Gasteiger charge is -2.33. The van der Waals surface area contributed by atoms with Gasteiger partial charge in [-0.1, -0.05) is 24.3 Å². The normalized spacial score (nSPS) is 16.6. The molecule has 1 aromatic rings. The number of anilines is 1. The molecule has 0 bridgehead atoms. The number of aliphatic hydroxyl groups is 1. The number of aryl methyl sites for hydroxylation is 1. The summed E-state index contributed by atoms with van der Waals surface area (Å²) in [4.78, 5) is 13.9. The number of piperidine rings is 1. The number of nitrogens with one attached hydrogen (secondary N) is 2. The average molecular weight is 404 g/mol. The summed E-state index contributed by atoms with van der Waals surface area (Å²) in [6.45, 7) is 10.7. The molecule has 0 radical (unpaired) electrons. The third-order valence-electron chi connectivity index (χ3n) is 4.88. The van der Waals surface area contributed by atoms with Gasteiger partial charge >= 0.3 is 0 Å². The Morgan fingerprint density at radius 2 is 2.10 bits per heavy atom. The van der Waals surface area contributed by atoms with Crippen molar-refractivity contribution in [2.45, 2.75) is 39.3 Å². The van der Waals surface area contributed by atoms with Crippen molar-refractivity contribution in [1.29, 1.82) is 0 Å². The molecule has 2 heterocycles. The van der Waals surface area contributed by atoms with Gasteiger partial charge in [0.2, 0.25) is 12.7 Å². The molecule has 29 heavy (non-hydrogen) atoms. The van der Waals surface area contributed by atoms with Crippen LogP contribution in [0.15, 0.2) is 42.9 Å². The number of aliphatic hydroxyl groups excluding tert-OH is 1. The van der Waals surface area contributed by atoms with E-state index in [0.29, 0.717) is 25.9 Å². The Balaban J connectivity index is 0.000000426. The molecule has 1 saturated heterocycles. The SMILES string of the molecule is C=CCNC(=O)CN1CCC(Nc2c(C)cccc2CO)CC1.CC1=COCO1. The van der Waals surface area contributed by atoms with Crippen LogP contribution in [0, 0.1) is 6.92 Å². The van der Waals surface area contributed by atoms with E-state index >= 15 is 0 Å². The van der Waals surface area contributed by atoms with Gasteiger partial charge in [0.15, 0.2) is 0 Å². The van der Waals surface area contributed by atoms with Gasteiger partial charge < -0.3 is 25.2 Å². The molecule has 0 aliphatic carbocycles. The van der Waals surface area contributed by atoms with E-state index in [1.165, 1.54) is 0 Å². The van der Waals surface area contributed by atoms with Crippen LogP contribution in [0.5, 0.6) is 0 Å². The molecule has 0 spiro atoms. The van der Waals surface area contributed by atoms with Crippen molar-refractivity contribution in [3.8, 4) is 0 Å². The Morgan fingerprint density at radius 1 is 1.34 bits per heavy atom. The summed E-state index contributed by atoms with van der Waals surface area (Å²) in [5.41, 5.74) is 3.15. The van der Waals surface area contributed by atoms with Crippen LogP contribution < -0.4 is 10.6 Å². The summed E-state index contributed by atoms with van der Waals surface area (Å²) in [6.07, 6.45) is 5.27. The monoisotopic (exact) mass is 403 g/mol. The Hall–Kier alpha value is -2.51. The van der Waals surface area contributed by atoms with Gasteiger partial charge in [0.1, 0.15) is 12.0 Å². The van der Waals surface area contributed by atoms with E-state index in [0.717, 1.165) is 48.5 Å². The lowest BCUT2D eigenvalue weighted by Crippen LogP contribution is -2.44. The summed E-state index contributed by atoms with van der Waals surface area (Å²) in [5.74, 6) is 0.910. The number of carbonyl (C=O) groups excluding carboxylic acids is 1. The minimum Gasteiger partial charge on any atom is -0.462 e. The minimum absolute atomic E-state index is 0.0479. The highest BCUT2D eigenvalue weighted by atomic mass is 16.7. The largest absolute Gasteiger partial charge is 0.462 e. The van der Waals surface area contributed by atoms with E-state index in [1.807, 2.05) is 19.1 Å². The molecular weight excluding hydrogens is 370 g/mol. The van der Waals surface area contributed by atoms with Crippen molar-refractivity contribution in [3.05, 3.63) is 54.0 Å². The zero-order chi connectivity index (χ0) is 21.1. The number of nitrogens with zero attached hydrogens (tertiary/aromatic N) is 1. The summed E-state index contributed by atoms with van der Waals surface area (Å²) < 4.78 is 9.46. The number of ether oxygens (including phenoxy) is 2. The van der Waals surface area contributed by atoms with Crippen molar-refractivity contribution < 1.29 is 19.4 Å². The summed E-state index contributed by atoms with van der Waals surface area (Å²) in [6, 6.07) is 6.36. The second-order valence-electron chi connectivity index (χ2n) is 7.21. The second kappa shape index (κ2) is 12.1. The number of allylic oxidation sites excluding steroid dienone is 1. The third kappa shape index (κ3) is 7.79. The highest BCUT2D eigenvalue weighted by molar-refractivity contribution is 5.78. The van der Waals surface area contributed by atoms with Gasteiger partial charge in [-0.15, -0.1) is 6.58 Å². The van der Waals surface area contributed by atoms with Gasteiger partial charge in [-0.05, 0) is 32.3 Å². The molecule has 2 aliphatic rings. The number of amides is 1. The first kappa shape index (κ1) is 22.8. The van der Waals surface area contributed by atoms with E-state index in [4.69, 9.17) is 4.74 Å². The molecule has 3 N–H and O–H groups in total. The van der Waals surface area contributed by atoms with E-state index in [-0.39, 0.29) is 12.5 Å². The first-order valence-corrected chi connectivity index (χ1v) is 10.0. The van der Waals surface area contributed by atoms with Crippen LogP contribution in [0.3, 0.4) is 0 Å². The van der Waals surface area contributed by atoms with Crippen LogP contribution in [0.25, 0.3) is 0 Å². The van der Waals surface area contributed by atoms with Crippen LogP contribution in [0.1, 0.15) is 30.9 Å². The summed E-state index contributed by atoms with van der Waals surface area (Å²) >= 11 is 0. The van der Waals surface area contributed by atoms with Crippen molar-refractivity contribution in [1.82, 2.24) is 10.2 Å². The molecule has 7 nitrogen and oxygen atoms in total. The quantitative estimate of drug-likeness (QED) is 0.607. The van der Waals surface area contributed by atoms with Crippen LogP contribution >= 0.6 is 0 Å². The lowest BCUT2D eigenvalue weighted by atomic mass is 10.0. The molecule has 1 fully saturated rings. The number of para-hydroxylation sites is 1. The standard InChI is InChI=1S/C18H27N3O2.C4H6O2/c1-3-9-19-17(23)12-21-10-7-16(8-11-21)20-18-14(2)5-4-6-15(18)13-22;1-4-2-5-3-6-4/h3-6,16,20,22H,1,7-13H2,2H3,(H,19,23);2H,3H2,1H3. The molecule has 0 atom stereocenters. The fourth-order valence-corrected chi connectivity index (χ4v) is 3.26.